The molecule has 0 fully saturated rings. The molecule has 18 heavy (non-hydrogen) atoms. The molecule has 0 aliphatic rings. The topological polar surface area (TPSA) is 20.3 Å². The molecule has 1 heterocycles. The average Bonchev–Trinajstić information content (AvgIpc) is 2.81. The van der Waals surface area contributed by atoms with Crippen molar-refractivity contribution in [2.75, 3.05) is 13.1 Å². The summed E-state index contributed by atoms with van der Waals surface area (Å²) in [5.74, 6) is 0.301. The van der Waals surface area contributed by atoms with Crippen LogP contribution in [0.15, 0.2) is 11.4 Å². The third-order valence-corrected chi connectivity index (χ3v) is 4.91. The van der Waals surface area contributed by atoms with E-state index in [4.69, 9.17) is 0 Å². The first kappa shape index (κ1) is 15.4. The van der Waals surface area contributed by atoms with Crippen molar-refractivity contribution >= 4 is 17.1 Å². The van der Waals surface area contributed by atoms with E-state index in [0.717, 1.165) is 36.4 Å². The monoisotopic (exact) mass is 267 g/mol. The largest absolute Gasteiger partial charge is 0.292 e. The van der Waals surface area contributed by atoms with Gasteiger partial charge in [-0.3, -0.25) is 9.69 Å². The van der Waals surface area contributed by atoms with Crippen LogP contribution in [0.2, 0.25) is 0 Å². The molecule has 0 aliphatic carbocycles. The third kappa shape index (κ3) is 2.52. The van der Waals surface area contributed by atoms with Crippen LogP contribution in [0.4, 0.5) is 0 Å². The molecule has 0 atom stereocenters. The second kappa shape index (κ2) is 6.48. The van der Waals surface area contributed by atoms with Crippen molar-refractivity contribution in [3.8, 4) is 0 Å². The van der Waals surface area contributed by atoms with Gasteiger partial charge in [-0.1, -0.05) is 27.7 Å². The SMILES string of the molecule is CCN(CC)C(CC)(CC)C(=O)c1ccsc1C. The first-order chi connectivity index (χ1) is 8.57. The summed E-state index contributed by atoms with van der Waals surface area (Å²) in [6.45, 7) is 12.4. The maximum Gasteiger partial charge on any atom is 0.184 e. The molecular weight excluding hydrogens is 242 g/mol. The normalized spacial score (nSPS) is 12.1. The van der Waals surface area contributed by atoms with Gasteiger partial charge < -0.3 is 0 Å². The van der Waals surface area contributed by atoms with Crippen molar-refractivity contribution in [3.63, 3.8) is 0 Å². The number of aryl methyl sites for hydroxylation is 1. The maximum absolute atomic E-state index is 12.9. The van der Waals surface area contributed by atoms with Crippen molar-refractivity contribution in [2.24, 2.45) is 0 Å². The lowest BCUT2D eigenvalue weighted by Crippen LogP contribution is -2.53. The zero-order valence-corrected chi connectivity index (χ0v) is 13.1. The fourth-order valence-corrected chi connectivity index (χ4v) is 3.56. The van der Waals surface area contributed by atoms with Crippen molar-refractivity contribution in [3.05, 3.63) is 21.9 Å². The molecule has 3 heteroatoms. The van der Waals surface area contributed by atoms with Gasteiger partial charge in [0.2, 0.25) is 0 Å². The lowest BCUT2D eigenvalue weighted by molar-refractivity contribution is 0.0535. The molecule has 1 aromatic heterocycles. The highest BCUT2D eigenvalue weighted by Gasteiger charge is 2.40. The minimum atomic E-state index is -0.324. The summed E-state index contributed by atoms with van der Waals surface area (Å²) in [4.78, 5) is 16.4. The Morgan fingerprint density at radius 2 is 1.78 bits per heavy atom. The Labute approximate surface area is 115 Å². The second-order valence-electron chi connectivity index (χ2n) is 4.63. The molecule has 0 aliphatic heterocycles. The first-order valence-electron chi connectivity index (χ1n) is 6.91. The quantitative estimate of drug-likeness (QED) is 0.692. The van der Waals surface area contributed by atoms with E-state index in [0.29, 0.717) is 5.78 Å². The van der Waals surface area contributed by atoms with E-state index in [1.807, 2.05) is 18.4 Å². The molecule has 0 aromatic carbocycles. The van der Waals surface area contributed by atoms with Gasteiger partial charge in [-0.25, -0.2) is 0 Å². The number of rotatable bonds is 7. The summed E-state index contributed by atoms with van der Waals surface area (Å²) in [6.07, 6.45) is 1.75. The molecule has 0 amide bonds. The summed E-state index contributed by atoms with van der Waals surface area (Å²) in [6, 6.07) is 1.98. The molecule has 0 N–H and O–H groups in total. The van der Waals surface area contributed by atoms with Crippen LogP contribution in [0.5, 0.6) is 0 Å². The molecule has 1 aromatic rings. The molecule has 0 unspecified atom stereocenters. The number of thiophene rings is 1. The zero-order valence-electron chi connectivity index (χ0n) is 12.2. The number of Topliss-reactive ketones (excluding diaryl/α,β-unsaturated/α-hetero) is 1. The van der Waals surface area contributed by atoms with Crippen LogP contribution in [0.1, 0.15) is 55.8 Å². The predicted octanol–water partition coefficient (Wildman–Crippen LogP) is 4.14. The fourth-order valence-electron chi connectivity index (χ4n) is 2.86. The van der Waals surface area contributed by atoms with Crippen molar-refractivity contribution in [1.82, 2.24) is 4.90 Å². The zero-order chi connectivity index (χ0) is 13.8. The Bertz CT molecular complexity index is 389. The van der Waals surface area contributed by atoms with E-state index in [1.54, 1.807) is 11.3 Å². The van der Waals surface area contributed by atoms with Crippen LogP contribution in [0.25, 0.3) is 0 Å². The van der Waals surface area contributed by atoms with E-state index in [9.17, 15) is 4.79 Å². The van der Waals surface area contributed by atoms with Crippen LogP contribution in [0, 0.1) is 6.92 Å². The van der Waals surface area contributed by atoms with Gasteiger partial charge in [0.1, 0.15) is 0 Å². The number of carbonyl (C=O) groups is 1. The van der Waals surface area contributed by atoms with E-state index < -0.39 is 0 Å². The standard InChI is InChI=1S/C15H25NOS/c1-6-15(7-2,16(8-3)9-4)14(17)13-10-11-18-12(13)5/h10-11H,6-9H2,1-5H3. The van der Waals surface area contributed by atoms with Gasteiger partial charge in [0.15, 0.2) is 5.78 Å². The number of carbonyl (C=O) groups excluding carboxylic acids is 1. The van der Waals surface area contributed by atoms with Gasteiger partial charge in [0.05, 0.1) is 5.54 Å². The summed E-state index contributed by atoms with van der Waals surface area (Å²) < 4.78 is 0. The van der Waals surface area contributed by atoms with Crippen LogP contribution in [-0.4, -0.2) is 29.3 Å². The highest BCUT2D eigenvalue weighted by atomic mass is 32.1. The van der Waals surface area contributed by atoms with Gasteiger partial charge in [0.25, 0.3) is 0 Å². The van der Waals surface area contributed by atoms with Crippen molar-refractivity contribution in [1.29, 1.82) is 0 Å². The van der Waals surface area contributed by atoms with Crippen molar-refractivity contribution < 1.29 is 4.79 Å². The lowest BCUT2D eigenvalue weighted by atomic mass is 9.82. The lowest BCUT2D eigenvalue weighted by Gasteiger charge is -2.41. The minimum absolute atomic E-state index is 0.301. The van der Waals surface area contributed by atoms with E-state index in [1.165, 1.54) is 0 Å². The van der Waals surface area contributed by atoms with Gasteiger partial charge in [-0.15, -0.1) is 11.3 Å². The van der Waals surface area contributed by atoms with Crippen LogP contribution < -0.4 is 0 Å². The number of likely N-dealkylation sites (N-methyl/N-ethyl adjacent to an activating group) is 1. The summed E-state index contributed by atoms with van der Waals surface area (Å²) in [5, 5.41) is 2.01. The van der Waals surface area contributed by atoms with Gasteiger partial charge in [0, 0.05) is 10.4 Å². The van der Waals surface area contributed by atoms with E-state index >= 15 is 0 Å². The summed E-state index contributed by atoms with van der Waals surface area (Å²) >= 11 is 1.66. The second-order valence-corrected chi connectivity index (χ2v) is 5.75. The average molecular weight is 267 g/mol. The minimum Gasteiger partial charge on any atom is -0.292 e. The highest BCUT2D eigenvalue weighted by molar-refractivity contribution is 7.10. The molecule has 1 rings (SSSR count). The number of hydrogen-bond donors (Lipinski definition) is 0. The van der Waals surface area contributed by atoms with E-state index in [-0.39, 0.29) is 5.54 Å². The molecule has 102 valence electrons. The van der Waals surface area contributed by atoms with Crippen molar-refractivity contribution in [2.45, 2.75) is 53.0 Å². The third-order valence-electron chi connectivity index (χ3n) is 4.06. The Balaban J connectivity index is 3.20. The smallest absolute Gasteiger partial charge is 0.184 e. The summed E-state index contributed by atoms with van der Waals surface area (Å²) in [7, 11) is 0. The Morgan fingerprint density at radius 3 is 2.11 bits per heavy atom. The summed E-state index contributed by atoms with van der Waals surface area (Å²) in [5.41, 5.74) is 0.589. The first-order valence-corrected chi connectivity index (χ1v) is 7.79. The molecule has 0 spiro atoms. The molecule has 0 saturated heterocycles. The van der Waals surface area contributed by atoms with Crippen LogP contribution >= 0.6 is 11.3 Å². The Morgan fingerprint density at radius 1 is 1.22 bits per heavy atom. The number of nitrogens with zero attached hydrogens (tertiary/aromatic N) is 1. The van der Waals surface area contributed by atoms with Crippen LogP contribution in [0.3, 0.4) is 0 Å². The number of ketones is 1. The van der Waals surface area contributed by atoms with Gasteiger partial charge >= 0.3 is 0 Å². The fraction of sp³-hybridized carbons (Fsp3) is 0.667. The molecule has 2 nitrogen and oxygen atoms in total. The molecular formula is C15H25NOS. The maximum atomic E-state index is 12.9. The van der Waals surface area contributed by atoms with E-state index in [2.05, 4.69) is 32.6 Å². The number of hydrogen-bond acceptors (Lipinski definition) is 3. The Kier molecular flexibility index (Phi) is 5.54. The van der Waals surface area contributed by atoms with Gasteiger partial charge in [-0.05, 0) is 44.3 Å². The van der Waals surface area contributed by atoms with Gasteiger partial charge in [-0.2, -0.15) is 0 Å². The molecule has 0 saturated carbocycles. The molecule has 0 bridgehead atoms. The Hall–Kier alpha value is -0.670. The van der Waals surface area contributed by atoms with Crippen LogP contribution in [-0.2, 0) is 0 Å². The highest BCUT2D eigenvalue weighted by Crippen LogP contribution is 2.31. The predicted molar refractivity (Wildman–Crippen MR) is 79.6 cm³/mol. The molecule has 0 radical (unpaired) electrons.